The average Bonchev–Trinajstić information content (AvgIpc) is 3.53. The van der Waals surface area contributed by atoms with Gasteiger partial charge >= 0.3 is 0 Å². The molecule has 3 heterocycles. The summed E-state index contributed by atoms with van der Waals surface area (Å²) in [6, 6.07) is 23.8. The Morgan fingerprint density at radius 3 is 2.49 bits per heavy atom. The van der Waals surface area contributed by atoms with Crippen LogP contribution in [0.5, 0.6) is 17.2 Å². The van der Waals surface area contributed by atoms with Crippen molar-refractivity contribution < 1.29 is 23.8 Å². The molecule has 0 saturated carbocycles. The Morgan fingerprint density at radius 2 is 1.72 bits per heavy atom. The molecule has 0 spiro atoms. The van der Waals surface area contributed by atoms with E-state index in [0.29, 0.717) is 59.7 Å². The van der Waals surface area contributed by atoms with Crippen molar-refractivity contribution in [3.05, 3.63) is 95.0 Å². The molecule has 1 aromatic heterocycles. The fraction of sp³-hybridized carbons (Fsp3) is 0.250. The van der Waals surface area contributed by atoms with E-state index in [2.05, 4.69) is 15.1 Å². The number of benzene rings is 3. The van der Waals surface area contributed by atoms with Gasteiger partial charge in [0.05, 0.1) is 17.8 Å². The predicted octanol–water partition coefficient (Wildman–Crippen LogP) is 4.53. The van der Waals surface area contributed by atoms with Gasteiger partial charge in [0.1, 0.15) is 12.3 Å². The summed E-state index contributed by atoms with van der Waals surface area (Å²) in [4.78, 5) is 32.6. The SMILES string of the molecule is COc1cccc(C(=O)N(CC(=O)N2CCN(c3ccc(-c4ccccc4Cl)nn3)CC2)Cc2ccc3c(c2)OCO3)c1. The second kappa shape index (κ2) is 12.6. The third-order valence-electron chi connectivity index (χ3n) is 7.50. The van der Waals surface area contributed by atoms with E-state index in [0.717, 1.165) is 16.9 Å². The lowest BCUT2D eigenvalue weighted by Gasteiger charge is -2.36. The van der Waals surface area contributed by atoms with Crippen molar-refractivity contribution >= 4 is 29.2 Å². The maximum Gasteiger partial charge on any atom is 0.254 e. The number of ether oxygens (including phenoxy) is 3. The van der Waals surface area contributed by atoms with Gasteiger partial charge in [0.25, 0.3) is 5.91 Å². The molecule has 4 aromatic rings. The molecule has 0 bridgehead atoms. The van der Waals surface area contributed by atoms with Gasteiger partial charge in [0.2, 0.25) is 12.7 Å². The topological polar surface area (TPSA) is 97.3 Å². The van der Waals surface area contributed by atoms with Crippen LogP contribution in [0, 0.1) is 0 Å². The highest BCUT2D eigenvalue weighted by atomic mass is 35.5. The monoisotopic (exact) mass is 599 g/mol. The van der Waals surface area contributed by atoms with Crippen molar-refractivity contribution in [2.45, 2.75) is 6.54 Å². The number of halogens is 1. The molecule has 3 aromatic carbocycles. The molecule has 0 N–H and O–H groups in total. The third kappa shape index (κ3) is 6.34. The summed E-state index contributed by atoms with van der Waals surface area (Å²) in [7, 11) is 1.55. The molecule has 43 heavy (non-hydrogen) atoms. The minimum Gasteiger partial charge on any atom is -0.497 e. The maximum atomic E-state index is 13.7. The van der Waals surface area contributed by atoms with E-state index >= 15 is 0 Å². The van der Waals surface area contributed by atoms with Crippen LogP contribution in [0.15, 0.2) is 78.9 Å². The minimum absolute atomic E-state index is 0.0726. The highest BCUT2D eigenvalue weighted by molar-refractivity contribution is 6.33. The van der Waals surface area contributed by atoms with Crippen molar-refractivity contribution in [1.29, 1.82) is 0 Å². The average molecular weight is 600 g/mol. The number of hydrogen-bond acceptors (Lipinski definition) is 8. The van der Waals surface area contributed by atoms with Crippen molar-refractivity contribution in [3.8, 4) is 28.5 Å². The van der Waals surface area contributed by atoms with Gasteiger partial charge in [0.15, 0.2) is 17.3 Å². The summed E-state index contributed by atoms with van der Waals surface area (Å²) in [5, 5.41) is 9.41. The molecule has 2 amide bonds. The molecule has 0 radical (unpaired) electrons. The number of fused-ring (bicyclic) bond motifs is 1. The third-order valence-corrected chi connectivity index (χ3v) is 7.83. The van der Waals surface area contributed by atoms with Crippen LogP contribution in [-0.4, -0.2) is 78.4 Å². The number of carbonyl (C=O) groups excluding carboxylic acids is 2. The first-order valence-corrected chi connectivity index (χ1v) is 14.3. The van der Waals surface area contributed by atoms with Crippen LogP contribution in [0.3, 0.4) is 0 Å². The molecule has 1 fully saturated rings. The van der Waals surface area contributed by atoms with Gasteiger partial charge < -0.3 is 28.9 Å². The van der Waals surface area contributed by atoms with Crippen LogP contribution in [-0.2, 0) is 11.3 Å². The lowest BCUT2D eigenvalue weighted by Crippen LogP contribution is -2.52. The van der Waals surface area contributed by atoms with Gasteiger partial charge in [-0.2, -0.15) is 0 Å². The van der Waals surface area contributed by atoms with Crippen molar-refractivity contribution in [2.75, 3.05) is 51.5 Å². The Balaban J connectivity index is 1.12. The Morgan fingerprint density at radius 1 is 0.907 bits per heavy atom. The lowest BCUT2D eigenvalue weighted by atomic mass is 10.1. The summed E-state index contributed by atoms with van der Waals surface area (Å²) in [5.74, 6) is 2.19. The molecule has 2 aliphatic rings. The van der Waals surface area contributed by atoms with Crippen LogP contribution < -0.4 is 19.1 Å². The predicted molar refractivity (Wildman–Crippen MR) is 162 cm³/mol. The Hall–Kier alpha value is -4.83. The molecule has 10 nitrogen and oxygen atoms in total. The molecule has 11 heteroatoms. The fourth-order valence-electron chi connectivity index (χ4n) is 5.15. The summed E-state index contributed by atoms with van der Waals surface area (Å²) in [5.41, 5.74) is 2.80. The van der Waals surface area contributed by atoms with Gasteiger partial charge in [-0.3, -0.25) is 9.59 Å². The quantitative estimate of drug-likeness (QED) is 0.292. The maximum absolute atomic E-state index is 13.7. The summed E-state index contributed by atoms with van der Waals surface area (Å²) in [6.07, 6.45) is 0. The fourth-order valence-corrected chi connectivity index (χ4v) is 5.39. The number of amides is 2. The zero-order valence-electron chi connectivity index (χ0n) is 23.6. The molecule has 6 rings (SSSR count). The molecule has 0 unspecified atom stereocenters. The van der Waals surface area contributed by atoms with Crippen molar-refractivity contribution in [2.24, 2.45) is 0 Å². The van der Waals surface area contributed by atoms with Crippen LogP contribution in [0.25, 0.3) is 11.3 Å². The Bertz CT molecular complexity index is 1620. The van der Waals surface area contributed by atoms with E-state index < -0.39 is 0 Å². The molecule has 220 valence electrons. The number of carbonyl (C=O) groups is 2. The first-order chi connectivity index (χ1) is 21.0. The zero-order chi connectivity index (χ0) is 29.8. The molecule has 1 saturated heterocycles. The van der Waals surface area contributed by atoms with E-state index in [1.807, 2.05) is 54.6 Å². The number of anilines is 1. The highest BCUT2D eigenvalue weighted by Gasteiger charge is 2.27. The normalized spacial score (nSPS) is 14.0. The summed E-state index contributed by atoms with van der Waals surface area (Å²) < 4.78 is 16.3. The van der Waals surface area contributed by atoms with Crippen LogP contribution in [0.4, 0.5) is 5.82 Å². The second-order valence-corrected chi connectivity index (χ2v) is 10.6. The Kier molecular flexibility index (Phi) is 8.28. The highest BCUT2D eigenvalue weighted by Crippen LogP contribution is 2.33. The van der Waals surface area contributed by atoms with Crippen molar-refractivity contribution in [3.63, 3.8) is 0 Å². The molecule has 0 atom stereocenters. The number of methoxy groups -OCH3 is 1. The number of rotatable bonds is 8. The molecular formula is C32H30ClN5O5. The van der Waals surface area contributed by atoms with Gasteiger partial charge in [-0.1, -0.05) is 41.9 Å². The molecule has 0 aliphatic carbocycles. The second-order valence-electron chi connectivity index (χ2n) is 10.2. The summed E-state index contributed by atoms with van der Waals surface area (Å²) >= 11 is 6.31. The van der Waals surface area contributed by atoms with E-state index in [9.17, 15) is 9.59 Å². The van der Waals surface area contributed by atoms with Crippen molar-refractivity contribution in [1.82, 2.24) is 20.0 Å². The van der Waals surface area contributed by atoms with E-state index in [1.54, 1.807) is 41.2 Å². The summed E-state index contributed by atoms with van der Waals surface area (Å²) in [6.45, 7) is 2.50. The number of aromatic nitrogens is 2. The van der Waals surface area contributed by atoms with Crippen LogP contribution in [0.2, 0.25) is 5.02 Å². The minimum atomic E-state index is -0.266. The van der Waals surface area contributed by atoms with Gasteiger partial charge in [-0.15, -0.1) is 10.2 Å². The van der Waals surface area contributed by atoms with Crippen LogP contribution in [0.1, 0.15) is 15.9 Å². The van der Waals surface area contributed by atoms with Gasteiger partial charge in [-0.25, -0.2) is 0 Å². The van der Waals surface area contributed by atoms with Crippen LogP contribution >= 0.6 is 11.6 Å². The number of nitrogens with zero attached hydrogens (tertiary/aromatic N) is 5. The number of piperazine rings is 1. The van der Waals surface area contributed by atoms with Gasteiger partial charge in [0, 0.05) is 43.9 Å². The smallest absolute Gasteiger partial charge is 0.254 e. The largest absolute Gasteiger partial charge is 0.497 e. The van der Waals surface area contributed by atoms with E-state index in [-0.39, 0.29) is 31.7 Å². The van der Waals surface area contributed by atoms with E-state index in [4.69, 9.17) is 25.8 Å². The lowest BCUT2D eigenvalue weighted by molar-refractivity contribution is -0.132. The first-order valence-electron chi connectivity index (χ1n) is 13.9. The van der Waals surface area contributed by atoms with Gasteiger partial charge in [-0.05, 0) is 54.1 Å². The first kappa shape index (κ1) is 28.3. The zero-order valence-corrected chi connectivity index (χ0v) is 24.4. The standard InChI is InChI=1S/C32H30ClN5O5/c1-41-24-6-4-5-23(18-24)32(40)38(19-22-9-11-28-29(17-22)43-21-42-28)20-31(39)37-15-13-36(14-16-37)30-12-10-27(34-35-30)25-7-2-3-8-26(25)33/h2-12,17-18H,13-16,19-21H2,1H3. The molecule has 2 aliphatic heterocycles. The number of hydrogen-bond donors (Lipinski definition) is 0. The Labute approximate surface area is 254 Å². The molecular weight excluding hydrogens is 570 g/mol. The van der Waals surface area contributed by atoms with E-state index in [1.165, 1.54) is 0 Å².